The molecule has 23 heavy (non-hydrogen) atoms. The van der Waals surface area contributed by atoms with Gasteiger partial charge in [0.15, 0.2) is 0 Å². The van der Waals surface area contributed by atoms with Gasteiger partial charge in [-0.15, -0.1) is 24.8 Å². The Labute approximate surface area is 145 Å². The highest BCUT2D eigenvalue weighted by atomic mass is 35.5. The number of hydrogen-bond donors (Lipinski definition) is 1. The third kappa shape index (κ3) is 4.03. The number of aliphatic carboxylic acids is 1. The summed E-state index contributed by atoms with van der Waals surface area (Å²) < 4.78 is 1.82. The summed E-state index contributed by atoms with van der Waals surface area (Å²) in [7, 11) is 0. The van der Waals surface area contributed by atoms with E-state index < -0.39 is 11.9 Å². The number of imidazole rings is 1. The van der Waals surface area contributed by atoms with Gasteiger partial charge in [0.2, 0.25) is 0 Å². The van der Waals surface area contributed by atoms with Gasteiger partial charge in [-0.1, -0.05) is 6.07 Å². The zero-order valence-electron chi connectivity index (χ0n) is 12.2. The molecule has 0 bridgehead atoms. The van der Waals surface area contributed by atoms with Crippen LogP contribution in [0.2, 0.25) is 0 Å². The number of hydrogen-bond acceptors (Lipinski definition) is 3. The second-order valence-corrected chi connectivity index (χ2v) is 5.10. The fourth-order valence-electron chi connectivity index (χ4n) is 2.54. The van der Waals surface area contributed by atoms with Crippen LogP contribution in [0.15, 0.2) is 43.0 Å². The molecule has 3 rings (SSSR count). The number of carboxylic acids is 1. The van der Waals surface area contributed by atoms with E-state index in [1.165, 1.54) is 0 Å². The molecule has 1 aliphatic rings. The average molecular weight is 358 g/mol. The molecule has 2 aromatic rings. The highest BCUT2D eigenvalue weighted by Gasteiger charge is 2.31. The third-order valence-corrected chi connectivity index (χ3v) is 3.72. The van der Waals surface area contributed by atoms with E-state index in [1.54, 1.807) is 35.8 Å². The molecule has 1 aromatic carbocycles. The summed E-state index contributed by atoms with van der Waals surface area (Å²) in [5.74, 6) is -1.41. The topological polar surface area (TPSA) is 75.4 Å². The van der Waals surface area contributed by atoms with Crippen molar-refractivity contribution in [2.24, 2.45) is 5.92 Å². The number of carbonyl (C=O) groups excluding carboxylic acids is 1. The van der Waals surface area contributed by atoms with E-state index in [-0.39, 0.29) is 37.3 Å². The van der Waals surface area contributed by atoms with Crippen molar-refractivity contribution >= 4 is 36.7 Å². The molecule has 1 aliphatic heterocycles. The lowest BCUT2D eigenvalue weighted by Gasteiger charge is -2.16. The Morgan fingerprint density at radius 1 is 1.26 bits per heavy atom. The zero-order chi connectivity index (χ0) is 14.8. The SMILES string of the molecule is Cl.Cl.O=C(O)C1CCN(C(=O)c2cccc(-n3ccnc3)c2)C1. The molecule has 0 saturated carbocycles. The van der Waals surface area contributed by atoms with Gasteiger partial charge in [0.05, 0.1) is 12.2 Å². The average Bonchev–Trinajstić information content (AvgIpc) is 3.18. The van der Waals surface area contributed by atoms with Crippen molar-refractivity contribution in [1.82, 2.24) is 14.5 Å². The summed E-state index contributed by atoms with van der Waals surface area (Å²) in [6, 6.07) is 7.24. The highest BCUT2D eigenvalue weighted by Crippen LogP contribution is 2.20. The molecule has 6 nitrogen and oxygen atoms in total. The van der Waals surface area contributed by atoms with Crippen molar-refractivity contribution in [3.8, 4) is 5.69 Å². The predicted molar refractivity (Wildman–Crippen MR) is 89.7 cm³/mol. The Bertz CT molecular complexity index is 676. The summed E-state index contributed by atoms with van der Waals surface area (Å²) in [6.45, 7) is 0.772. The van der Waals surface area contributed by atoms with Crippen LogP contribution < -0.4 is 0 Å². The lowest BCUT2D eigenvalue weighted by Crippen LogP contribution is -2.30. The quantitative estimate of drug-likeness (QED) is 0.913. The molecule has 0 spiro atoms. The summed E-state index contributed by atoms with van der Waals surface area (Å²) in [6.07, 6.45) is 5.66. The summed E-state index contributed by atoms with van der Waals surface area (Å²) in [5, 5.41) is 9.00. The Morgan fingerprint density at radius 3 is 2.65 bits per heavy atom. The number of carbonyl (C=O) groups is 2. The molecule has 1 atom stereocenters. The molecular formula is C15H17Cl2N3O3. The summed E-state index contributed by atoms with van der Waals surface area (Å²) in [5.41, 5.74) is 1.42. The predicted octanol–water partition coefficient (Wildman–Crippen LogP) is 2.26. The van der Waals surface area contributed by atoms with Crippen molar-refractivity contribution in [2.75, 3.05) is 13.1 Å². The van der Waals surface area contributed by atoms with E-state index >= 15 is 0 Å². The Kier molecular flexibility index (Phi) is 6.60. The molecule has 1 unspecified atom stereocenters. The number of rotatable bonds is 3. The maximum absolute atomic E-state index is 12.4. The molecule has 8 heteroatoms. The van der Waals surface area contributed by atoms with Gasteiger partial charge in [-0.2, -0.15) is 0 Å². The van der Waals surface area contributed by atoms with Gasteiger partial charge >= 0.3 is 5.97 Å². The summed E-state index contributed by atoms with van der Waals surface area (Å²) in [4.78, 5) is 29.0. The van der Waals surface area contributed by atoms with Crippen LogP contribution >= 0.6 is 24.8 Å². The number of halogens is 2. The Hall–Kier alpha value is -2.05. The lowest BCUT2D eigenvalue weighted by molar-refractivity contribution is -0.141. The van der Waals surface area contributed by atoms with Crippen LogP contribution in [0.4, 0.5) is 0 Å². The van der Waals surface area contributed by atoms with E-state index in [2.05, 4.69) is 4.98 Å². The lowest BCUT2D eigenvalue weighted by atomic mass is 10.1. The van der Waals surface area contributed by atoms with Crippen LogP contribution in [0.25, 0.3) is 5.69 Å². The van der Waals surface area contributed by atoms with Crippen LogP contribution in [0.1, 0.15) is 16.8 Å². The number of aromatic nitrogens is 2. The van der Waals surface area contributed by atoms with Crippen LogP contribution in [0.3, 0.4) is 0 Å². The summed E-state index contributed by atoms with van der Waals surface area (Å²) >= 11 is 0. The molecular weight excluding hydrogens is 341 g/mol. The van der Waals surface area contributed by atoms with Crippen molar-refractivity contribution in [3.05, 3.63) is 48.5 Å². The second-order valence-electron chi connectivity index (χ2n) is 5.10. The fourth-order valence-corrected chi connectivity index (χ4v) is 2.54. The normalized spacial score (nSPS) is 16.3. The maximum Gasteiger partial charge on any atom is 0.308 e. The van der Waals surface area contributed by atoms with Crippen molar-refractivity contribution in [1.29, 1.82) is 0 Å². The first kappa shape index (κ1) is 19.0. The molecule has 1 saturated heterocycles. The largest absolute Gasteiger partial charge is 0.481 e. The van der Waals surface area contributed by atoms with Crippen LogP contribution in [-0.2, 0) is 4.79 Å². The van der Waals surface area contributed by atoms with Crippen LogP contribution in [-0.4, -0.2) is 44.5 Å². The van der Waals surface area contributed by atoms with E-state index in [0.29, 0.717) is 18.5 Å². The van der Waals surface area contributed by atoms with Gasteiger partial charge in [0.25, 0.3) is 5.91 Å². The standard InChI is InChI=1S/C15H15N3O3.2ClH/c19-14(17-6-4-12(9-17)15(20)21)11-2-1-3-13(8-11)18-7-5-16-10-18;;/h1-3,5,7-8,10,12H,4,6,9H2,(H,20,21);2*1H. The first-order chi connectivity index (χ1) is 10.1. The number of nitrogens with zero attached hydrogens (tertiary/aromatic N) is 3. The Balaban J connectivity index is 0.00000132. The van der Waals surface area contributed by atoms with Gasteiger partial charge in [-0.05, 0) is 24.6 Å². The van der Waals surface area contributed by atoms with Crippen molar-refractivity contribution in [2.45, 2.75) is 6.42 Å². The molecule has 124 valence electrons. The number of benzene rings is 1. The first-order valence-corrected chi connectivity index (χ1v) is 6.75. The molecule has 1 amide bonds. The molecule has 0 radical (unpaired) electrons. The minimum absolute atomic E-state index is 0. The second kappa shape index (κ2) is 7.99. The molecule has 1 fully saturated rings. The molecule has 2 heterocycles. The van der Waals surface area contributed by atoms with E-state index in [9.17, 15) is 9.59 Å². The van der Waals surface area contributed by atoms with Gasteiger partial charge in [-0.25, -0.2) is 4.98 Å². The minimum Gasteiger partial charge on any atom is -0.481 e. The molecule has 0 aliphatic carbocycles. The monoisotopic (exact) mass is 357 g/mol. The molecule has 1 N–H and O–H groups in total. The number of amides is 1. The first-order valence-electron chi connectivity index (χ1n) is 6.75. The number of carboxylic acid groups (broad SMARTS) is 1. The van der Waals surface area contributed by atoms with E-state index in [4.69, 9.17) is 5.11 Å². The van der Waals surface area contributed by atoms with Gasteiger partial charge in [0.1, 0.15) is 0 Å². The minimum atomic E-state index is -0.836. The highest BCUT2D eigenvalue weighted by molar-refractivity contribution is 5.95. The van der Waals surface area contributed by atoms with E-state index in [0.717, 1.165) is 5.69 Å². The van der Waals surface area contributed by atoms with E-state index in [1.807, 2.05) is 16.7 Å². The molecule has 1 aromatic heterocycles. The Morgan fingerprint density at radius 2 is 2.04 bits per heavy atom. The maximum atomic E-state index is 12.4. The van der Waals surface area contributed by atoms with Crippen LogP contribution in [0.5, 0.6) is 0 Å². The zero-order valence-corrected chi connectivity index (χ0v) is 13.8. The van der Waals surface area contributed by atoms with Gasteiger partial charge in [-0.3, -0.25) is 9.59 Å². The number of likely N-dealkylation sites (tertiary alicyclic amines) is 1. The third-order valence-electron chi connectivity index (χ3n) is 3.72. The van der Waals surface area contributed by atoms with Gasteiger partial charge < -0.3 is 14.6 Å². The smallest absolute Gasteiger partial charge is 0.308 e. The fraction of sp³-hybridized carbons (Fsp3) is 0.267. The van der Waals surface area contributed by atoms with Crippen molar-refractivity contribution in [3.63, 3.8) is 0 Å². The van der Waals surface area contributed by atoms with Gasteiger partial charge in [0, 0.05) is 36.7 Å². The van der Waals surface area contributed by atoms with Crippen molar-refractivity contribution < 1.29 is 14.7 Å². The van der Waals surface area contributed by atoms with Crippen LogP contribution in [0, 0.1) is 5.92 Å².